The monoisotopic (exact) mass is 387 g/mol. The highest BCUT2D eigenvalue weighted by Gasteiger charge is 2.33. The molecule has 1 atom stereocenters. The molecule has 3 nitrogen and oxygen atoms in total. The fourth-order valence-corrected chi connectivity index (χ4v) is 4.63. The standard InChI is InChI=1S/C18H17F4NO2S/c19-13-1-4-15(5-2-13)26(24,25)11-12-8-23(9-12)10-18(22)16-6-3-14(20)7-17(16)21/h1-7,12,18H,8-11H2/t18-/m1/s1. The number of nitrogens with zero attached hydrogens (tertiary/aromatic N) is 1. The highest BCUT2D eigenvalue weighted by atomic mass is 32.2. The van der Waals surface area contributed by atoms with Gasteiger partial charge in [-0.1, -0.05) is 6.07 Å². The van der Waals surface area contributed by atoms with Crippen LogP contribution in [0, 0.1) is 23.4 Å². The fourth-order valence-electron chi connectivity index (χ4n) is 3.06. The Kier molecular flexibility index (Phi) is 5.34. The molecule has 0 radical (unpaired) electrons. The lowest BCUT2D eigenvalue weighted by molar-refractivity contribution is 0.0805. The molecule has 0 N–H and O–H groups in total. The molecule has 0 amide bonds. The summed E-state index contributed by atoms with van der Waals surface area (Å²) >= 11 is 0. The summed E-state index contributed by atoms with van der Waals surface area (Å²) < 4.78 is 78.1. The van der Waals surface area contributed by atoms with Gasteiger partial charge in [0.05, 0.1) is 10.6 Å². The summed E-state index contributed by atoms with van der Waals surface area (Å²) in [7, 11) is -3.54. The first kappa shape index (κ1) is 18.8. The SMILES string of the molecule is O=S(=O)(CC1CN(C[C@@H](F)c2ccc(F)cc2F)C1)c1ccc(F)cc1. The van der Waals surface area contributed by atoms with Crippen molar-refractivity contribution >= 4 is 9.84 Å². The third kappa shape index (κ3) is 4.24. The molecular formula is C18H17F4NO2S. The first-order valence-electron chi connectivity index (χ1n) is 8.04. The molecule has 3 rings (SSSR count). The van der Waals surface area contributed by atoms with Crippen LogP contribution in [-0.2, 0) is 9.84 Å². The Morgan fingerprint density at radius 1 is 1.00 bits per heavy atom. The summed E-state index contributed by atoms with van der Waals surface area (Å²) in [5, 5.41) is 0. The van der Waals surface area contributed by atoms with Crippen molar-refractivity contribution in [1.82, 2.24) is 4.90 Å². The molecule has 1 aliphatic rings. The summed E-state index contributed by atoms with van der Waals surface area (Å²) in [6.45, 7) is 0.642. The van der Waals surface area contributed by atoms with E-state index in [2.05, 4.69) is 0 Å². The molecule has 1 heterocycles. The number of likely N-dealkylation sites (tertiary alicyclic amines) is 1. The van der Waals surface area contributed by atoms with Gasteiger partial charge < -0.3 is 0 Å². The van der Waals surface area contributed by atoms with Crippen molar-refractivity contribution in [3.05, 3.63) is 65.5 Å². The number of benzene rings is 2. The normalized spacial score (nSPS) is 17.1. The van der Waals surface area contributed by atoms with Crippen LogP contribution in [0.5, 0.6) is 0 Å². The molecule has 0 unspecified atom stereocenters. The van der Waals surface area contributed by atoms with Crippen molar-refractivity contribution < 1.29 is 26.0 Å². The highest BCUT2D eigenvalue weighted by Crippen LogP contribution is 2.27. The maximum absolute atomic E-state index is 14.2. The zero-order valence-electron chi connectivity index (χ0n) is 13.7. The van der Waals surface area contributed by atoms with E-state index < -0.39 is 33.5 Å². The van der Waals surface area contributed by atoms with Crippen molar-refractivity contribution in [3.8, 4) is 0 Å². The van der Waals surface area contributed by atoms with E-state index in [1.165, 1.54) is 12.1 Å². The molecule has 0 saturated carbocycles. The minimum Gasteiger partial charge on any atom is -0.299 e. The minimum absolute atomic E-state index is 0.0501. The Labute approximate surface area is 149 Å². The van der Waals surface area contributed by atoms with Crippen LogP contribution in [0.1, 0.15) is 11.7 Å². The first-order valence-corrected chi connectivity index (χ1v) is 9.69. The number of alkyl halides is 1. The van der Waals surface area contributed by atoms with E-state index in [4.69, 9.17) is 0 Å². The van der Waals surface area contributed by atoms with Gasteiger partial charge in [-0.25, -0.2) is 26.0 Å². The van der Waals surface area contributed by atoms with E-state index in [1.54, 1.807) is 4.90 Å². The summed E-state index contributed by atoms with van der Waals surface area (Å²) in [5.41, 5.74) is -0.214. The molecule has 0 aromatic heterocycles. The van der Waals surface area contributed by atoms with Gasteiger partial charge in [-0.05, 0) is 36.2 Å². The van der Waals surface area contributed by atoms with Gasteiger partial charge >= 0.3 is 0 Å². The van der Waals surface area contributed by atoms with Crippen LogP contribution < -0.4 is 0 Å². The average molecular weight is 387 g/mol. The van der Waals surface area contributed by atoms with Crippen LogP contribution in [0.25, 0.3) is 0 Å². The Morgan fingerprint density at radius 2 is 1.62 bits per heavy atom. The Bertz CT molecular complexity index is 881. The largest absolute Gasteiger partial charge is 0.299 e. The maximum atomic E-state index is 14.2. The van der Waals surface area contributed by atoms with Gasteiger partial charge in [0.25, 0.3) is 0 Å². The van der Waals surface area contributed by atoms with Gasteiger partial charge in [-0.2, -0.15) is 0 Å². The zero-order valence-corrected chi connectivity index (χ0v) is 14.5. The van der Waals surface area contributed by atoms with Crippen molar-refractivity contribution in [2.45, 2.75) is 11.1 Å². The van der Waals surface area contributed by atoms with Crippen molar-refractivity contribution in [2.75, 3.05) is 25.4 Å². The van der Waals surface area contributed by atoms with E-state index in [9.17, 15) is 26.0 Å². The Morgan fingerprint density at radius 3 is 2.23 bits per heavy atom. The molecule has 2 aromatic rings. The fraction of sp³-hybridized carbons (Fsp3) is 0.333. The molecule has 0 spiro atoms. The lowest BCUT2D eigenvalue weighted by Gasteiger charge is -2.39. The summed E-state index contributed by atoms with van der Waals surface area (Å²) in [6, 6.07) is 7.32. The van der Waals surface area contributed by atoms with Gasteiger partial charge in [0, 0.05) is 31.3 Å². The molecule has 8 heteroatoms. The van der Waals surface area contributed by atoms with Crippen LogP contribution in [0.15, 0.2) is 47.4 Å². The first-order chi connectivity index (χ1) is 12.2. The number of rotatable bonds is 6. The molecule has 0 aliphatic carbocycles. The lowest BCUT2D eigenvalue weighted by atomic mass is 10.0. The van der Waals surface area contributed by atoms with Crippen molar-refractivity contribution in [3.63, 3.8) is 0 Å². The molecule has 140 valence electrons. The smallest absolute Gasteiger partial charge is 0.178 e. The van der Waals surface area contributed by atoms with E-state index in [0.29, 0.717) is 19.2 Å². The second-order valence-electron chi connectivity index (χ2n) is 6.45. The summed E-state index contributed by atoms with van der Waals surface area (Å²) in [6.07, 6.45) is -1.62. The quantitative estimate of drug-likeness (QED) is 0.562. The predicted octanol–water partition coefficient (Wildman–Crippen LogP) is 3.52. The number of hydrogen-bond acceptors (Lipinski definition) is 3. The van der Waals surface area contributed by atoms with Crippen LogP contribution in [0.2, 0.25) is 0 Å². The zero-order chi connectivity index (χ0) is 18.9. The van der Waals surface area contributed by atoms with Gasteiger partial charge in [-0.15, -0.1) is 0 Å². The van der Waals surface area contributed by atoms with Crippen molar-refractivity contribution in [2.24, 2.45) is 5.92 Å². The van der Waals surface area contributed by atoms with E-state index in [-0.39, 0.29) is 28.7 Å². The highest BCUT2D eigenvalue weighted by molar-refractivity contribution is 7.91. The minimum atomic E-state index is -3.54. The Hall–Kier alpha value is -1.93. The van der Waals surface area contributed by atoms with Gasteiger partial charge in [0.2, 0.25) is 0 Å². The van der Waals surface area contributed by atoms with E-state index in [0.717, 1.165) is 24.3 Å². The van der Waals surface area contributed by atoms with E-state index in [1.807, 2.05) is 0 Å². The van der Waals surface area contributed by atoms with Crippen LogP contribution in [0.3, 0.4) is 0 Å². The molecule has 0 bridgehead atoms. The molecule has 2 aromatic carbocycles. The van der Waals surface area contributed by atoms with Gasteiger partial charge in [-0.3, -0.25) is 4.90 Å². The predicted molar refractivity (Wildman–Crippen MR) is 88.6 cm³/mol. The number of halogens is 4. The topological polar surface area (TPSA) is 37.4 Å². The van der Waals surface area contributed by atoms with Crippen LogP contribution >= 0.6 is 0 Å². The Balaban J connectivity index is 1.53. The third-order valence-corrected chi connectivity index (χ3v) is 6.28. The second kappa shape index (κ2) is 7.36. The molecule has 1 fully saturated rings. The molecular weight excluding hydrogens is 370 g/mol. The molecule has 26 heavy (non-hydrogen) atoms. The summed E-state index contributed by atoms with van der Waals surface area (Å²) in [5.74, 6) is -2.50. The molecule has 1 aliphatic heterocycles. The third-order valence-electron chi connectivity index (χ3n) is 4.38. The average Bonchev–Trinajstić information content (AvgIpc) is 2.53. The second-order valence-corrected chi connectivity index (χ2v) is 8.49. The number of sulfone groups is 1. The van der Waals surface area contributed by atoms with Crippen LogP contribution in [-0.4, -0.2) is 38.7 Å². The van der Waals surface area contributed by atoms with Gasteiger partial charge in [0.1, 0.15) is 23.6 Å². The van der Waals surface area contributed by atoms with E-state index >= 15 is 0 Å². The maximum Gasteiger partial charge on any atom is 0.178 e. The summed E-state index contributed by atoms with van der Waals surface area (Å²) in [4.78, 5) is 1.73. The lowest BCUT2D eigenvalue weighted by Crippen LogP contribution is -2.50. The van der Waals surface area contributed by atoms with Gasteiger partial charge in [0.15, 0.2) is 9.84 Å². The van der Waals surface area contributed by atoms with Crippen LogP contribution in [0.4, 0.5) is 17.6 Å². The van der Waals surface area contributed by atoms with Crippen molar-refractivity contribution in [1.29, 1.82) is 0 Å². The number of hydrogen-bond donors (Lipinski definition) is 0. The molecule has 1 saturated heterocycles.